The second-order valence-electron chi connectivity index (χ2n) is 8.94. The van der Waals surface area contributed by atoms with Crippen LogP contribution in [-0.4, -0.2) is 45.0 Å². The Morgan fingerprint density at radius 3 is 2.68 bits per heavy atom. The number of carbonyl (C=O) groups excluding carboxylic acids is 1. The van der Waals surface area contributed by atoms with Crippen LogP contribution in [0.2, 0.25) is 0 Å². The van der Waals surface area contributed by atoms with Crippen LogP contribution < -0.4 is 5.32 Å². The molecule has 0 spiro atoms. The van der Waals surface area contributed by atoms with Crippen molar-refractivity contribution < 1.29 is 14.3 Å². The monoisotopic (exact) mass is 463 g/mol. The van der Waals surface area contributed by atoms with Gasteiger partial charge in [-0.25, -0.2) is 14.6 Å². The molecule has 1 aliphatic heterocycles. The normalized spacial score (nSPS) is 15.9. The van der Waals surface area contributed by atoms with Crippen molar-refractivity contribution in [2.45, 2.75) is 66.1 Å². The van der Waals surface area contributed by atoms with Crippen molar-refractivity contribution in [2.75, 3.05) is 18.5 Å². The highest BCUT2D eigenvalue weighted by Crippen LogP contribution is 2.19. The van der Waals surface area contributed by atoms with E-state index in [2.05, 4.69) is 20.4 Å². The maximum atomic E-state index is 12.8. The Labute approximate surface area is 200 Å². The van der Waals surface area contributed by atoms with Gasteiger partial charge in [-0.2, -0.15) is 5.10 Å². The lowest BCUT2D eigenvalue weighted by Crippen LogP contribution is -2.24. The van der Waals surface area contributed by atoms with E-state index in [0.29, 0.717) is 19.2 Å². The zero-order valence-electron chi connectivity index (χ0n) is 20.4. The molecule has 1 amide bonds. The number of hydrogen-bond donors (Lipinski definition) is 1. The third kappa shape index (κ3) is 6.07. The zero-order valence-corrected chi connectivity index (χ0v) is 20.4. The van der Waals surface area contributed by atoms with Crippen LogP contribution in [0.25, 0.3) is 5.95 Å². The van der Waals surface area contributed by atoms with E-state index in [9.17, 15) is 4.79 Å². The molecule has 8 nitrogen and oxygen atoms in total. The number of aromatic nitrogens is 4. The Hall–Kier alpha value is -3.10. The van der Waals surface area contributed by atoms with Gasteiger partial charge < -0.3 is 14.8 Å². The van der Waals surface area contributed by atoms with Crippen molar-refractivity contribution in [1.82, 2.24) is 19.7 Å². The van der Waals surface area contributed by atoms with Crippen molar-refractivity contribution in [1.29, 1.82) is 0 Å². The van der Waals surface area contributed by atoms with Crippen LogP contribution in [0.15, 0.2) is 30.3 Å². The van der Waals surface area contributed by atoms with E-state index < -0.39 is 0 Å². The highest BCUT2D eigenvalue weighted by Gasteiger charge is 2.18. The largest absolute Gasteiger partial charge is 0.376 e. The van der Waals surface area contributed by atoms with Gasteiger partial charge in [0.1, 0.15) is 0 Å². The molecule has 0 bridgehead atoms. The minimum Gasteiger partial charge on any atom is -0.376 e. The van der Waals surface area contributed by atoms with E-state index in [1.165, 1.54) is 6.42 Å². The van der Waals surface area contributed by atoms with E-state index in [0.717, 1.165) is 59.0 Å². The summed E-state index contributed by atoms with van der Waals surface area (Å²) in [6.07, 6.45) is 3.81. The average Bonchev–Trinajstić information content (AvgIpc) is 3.08. The number of benzene rings is 1. The summed E-state index contributed by atoms with van der Waals surface area (Å²) in [5.74, 6) is 0.428. The zero-order chi connectivity index (χ0) is 24.1. The van der Waals surface area contributed by atoms with Gasteiger partial charge in [-0.15, -0.1) is 0 Å². The fourth-order valence-corrected chi connectivity index (χ4v) is 4.28. The minimum absolute atomic E-state index is 0.0965. The number of hydrogen-bond acceptors (Lipinski definition) is 6. The molecule has 1 aromatic carbocycles. The van der Waals surface area contributed by atoms with Gasteiger partial charge >= 0.3 is 0 Å². The molecule has 1 unspecified atom stereocenters. The van der Waals surface area contributed by atoms with Crippen LogP contribution >= 0.6 is 0 Å². The molecule has 1 saturated heterocycles. The van der Waals surface area contributed by atoms with E-state index in [4.69, 9.17) is 9.47 Å². The second kappa shape index (κ2) is 10.9. The first kappa shape index (κ1) is 24.0. The molecule has 0 saturated carbocycles. The Kier molecular flexibility index (Phi) is 7.70. The topological polar surface area (TPSA) is 91.2 Å². The standard InChI is InChI=1S/C26H33N5O3/c1-17-12-18(2)28-26(27-17)31-20(4)24(19(3)30-31)14-25(32)29-22-9-7-8-21(13-22)15-33-16-23-10-5-6-11-34-23/h7-9,12-13,23H,5-6,10-11,14-16H2,1-4H3,(H,29,32). The number of anilines is 1. The summed E-state index contributed by atoms with van der Waals surface area (Å²) in [7, 11) is 0. The molecule has 3 aromatic rings. The molecule has 8 heteroatoms. The molecule has 34 heavy (non-hydrogen) atoms. The number of rotatable bonds is 8. The van der Waals surface area contributed by atoms with Crippen LogP contribution in [0.5, 0.6) is 0 Å². The van der Waals surface area contributed by atoms with Gasteiger partial charge in [-0.05, 0) is 70.7 Å². The average molecular weight is 464 g/mol. The summed E-state index contributed by atoms with van der Waals surface area (Å²) in [4.78, 5) is 21.8. The van der Waals surface area contributed by atoms with Crippen molar-refractivity contribution in [2.24, 2.45) is 0 Å². The number of aryl methyl sites for hydroxylation is 3. The lowest BCUT2D eigenvalue weighted by Gasteiger charge is -2.22. The van der Waals surface area contributed by atoms with Gasteiger partial charge in [-0.1, -0.05) is 12.1 Å². The SMILES string of the molecule is Cc1cc(C)nc(-n2nc(C)c(CC(=O)Nc3cccc(COCC4CCCCO4)c3)c2C)n1. The van der Waals surface area contributed by atoms with Gasteiger partial charge in [-0.3, -0.25) is 4.79 Å². The molecule has 1 fully saturated rings. The summed E-state index contributed by atoms with van der Waals surface area (Å²) in [5.41, 5.74) is 6.06. The van der Waals surface area contributed by atoms with Crippen molar-refractivity contribution in [3.63, 3.8) is 0 Å². The summed E-state index contributed by atoms with van der Waals surface area (Å²) < 4.78 is 13.3. The predicted molar refractivity (Wildman–Crippen MR) is 130 cm³/mol. The van der Waals surface area contributed by atoms with Crippen LogP contribution in [0, 0.1) is 27.7 Å². The summed E-state index contributed by atoms with van der Waals surface area (Å²) in [6, 6.07) is 9.69. The Morgan fingerprint density at radius 1 is 1.15 bits per heavy atom. The molecule has 0 aliphatic carbocycles. The lowest BCUT2D eigenvalue weighted by atomic mass is 10.1. The quantitative estimate of drug-likeness (QED) is 0.539. The first-order valence-electron chi connectivity index (χ1n) is 11.8. The molecule has 4 rings (SSSR count). The molecular formula is C26H33N5O3. The molecule has 1 atom stereocenters. The second-order valence-corrected chi connectivity index (χ2v) is 8.94. The molecule has 0 radical (unpaired) electrons. The van der Waals surface area contributed by atoms with E-state index >= 15 is 0 Å². The summed E-state index contributed by atoms with van der Waals surface area (Å²) in [5, 5.41) is 7.60. The number of carbonyl (C=O) groups is 1. The summed E-state index contributed by atoms with van der Waals surface area (Å²) in [6.45, 7) is 9.63. The lowest BCUT2D eigenvalue weighted by molar-refractivity contribution is -0.115. The van der Waals surface area contributed by atoms with Gasteiger partial charge in [0.25, 0.3) is 5.95 Å². The minimum atomic E-state index is -0.0965. The van der Waals surface area contributed by atoms with Crippen LogP contribution in [0.1, 0.15) is 53.2 Å². The van der Waals surface area contributed by atoms with Crippen molar-refractivity contribution in [3.8, 4) is 5.95 Å². The fourth-order valence-electron chi connectivity index (χ4n) is 4.28. The Bertz CT molecular complexity index is 1130. The third-order valence-corrected chi connectivity index (χ3v) is 6.00. The van der Waals surface area contributed by atoms with Gasteiger partial charge in [0.15, 0.2) is 0 Å². The number of nitrogens with one attached hydrogen (secondary N) is 1. The maximum Gasteiger partial charge on any atom is 0.251 e. The van der Waals surface area contributed by atoms with E-state index in [-0.39, 0.29) is 18.4 Å². The van der Waals surface area contributed by atoms with Gasteiger partial charge in [0.2, 0.25) is 5.91 Å². The third-order valence-electron chi connectivity index (χ3n) is 6.00. The fraction of sp³-hybridized carbons (Fsp3) is 0.462. The number of amides is 1. The molecule has 2 aromatic heterocycles. The van der Waals surface area contributed by atoms with E-state index in [1.54, 1.807) is 4.68 Å². The van der Waals surface area contributed by atoms with Gasteiger partial charge in [0, 0.05) is 34.9 Å². The molecule has 180 valence electrons. The first-order valence-corrected chi connectivity index (χ1v) is 11.8. The highest BCUT2D eigenvalue weighted by atomic mass is 16.5. The Morgan fingerprint density at radius 2 is 1.94 bits per heavy atom. The van der Waals surface area contributed by atoms with E-state index in [1.807, 2.05) is 58.0 Å². The van der Waals surface area contributed by atoms with Gasteiger partial charge in [0.05, 0.1) is 31.4 Å². The highest BCUT2D eigenvalue weighted by molar-refractivity contribution is 5.92. The van der Waals surface area contributed by atoms with Crippen LogP contribution in [0.3, 0.4) is 0 Å². The summed E-state index contributed by atoms with van der Waals surface area (Å²) >= 11 is 0. The van der Waals surface area contributed by atoms with Crippen molar-refractivity contribution in [3.05, 3.63) is 64.2 Å². The predicted octanol–water partition coefficient (Wildman–Crippen LogP) is 4.16. The number of nitrogens with zero attached hydrogens (tertiary/aromatic N) is 4. The molecular weight excluding hydrogens is 430 g/mol. The first-order chi connectivity index (χ1) is 16.4. The molecule has 3 heterocycles. The molecule has 1 N–H and O–H groups in total. The van der Waals surface area contributed by atoms with Crippen molar-refractivity contribution >= 4 is 11.6 Å². The maximum absolute atomic E-state index is 12.8. The van der Waals surface area contributed by atoms with Crippen LogP contribution in [0.4, 0.5) is 5.69 Å². The smallest absolute Gasteiger partial charge is 0.251 e. The molecule has 1 aliphatic rings. The number of ether oxygens (including phenoxy) is 2. The Balaban J connectivity index is 1.37. The van der Waals surface area contributed by atoms with Crippen LogP contribution in [-0.2, 0) is 27.3 Å².